The molecule has 5 heteroatoms. The van der Waals surface area contributed by atoms with Gasteiger partial charge in [-0.15, -0.1) is 0 Å². The van der Waals surface area contributed by atoms with Gasteiger partial charge in [0.05, 0.1) is 6.61 Å². The normalized spacial score (nSPS) is 15.7. The topological polar surface area (TPSA) is 21.8 Å². The van der Waals surface area contributed by atoms with Crippen molar-refractivity contribution in [1.82, 2.24) is 0 Å². The Bertz CT molecular complexity index is 1050. The van der Waals surface area contributed by atoms with Crippen LogP contribution in [0.4, 0.5) is 13.2 Å². The first-order valence-electron chi connectivity index (χ1n) is 9.30. The number of hydrogen-bond donors (Lipinski definition) is 0. The summed E-state index contributed by atoms with van der Waals surface area (Å²) in [6.45, 7) is 2.26. The van der Waals surface area contributed by atoms with Gasteiger partial charge in [-0.2, -0.15) is 0 Å². The Hall–Kier alpha value is -3.05. The summed E-state index contributed by atoms with van der Waals surface area (Å²) in [5.41, 5.74) is 2.34. The van der Waals surface area contributed by atoms with Crippen LogP contribution in [0.3, 0.4) is 0 Å². The molecule has 0 spiro atoms. The van der Waals surface area contributed by atoms with Gasteiger partial charge in [-0.05, 0) is 36.2 Å². The van der Waals surface area contributed by atoms with Gasteiger partial charge in [0.2, 0.25) is 0 Å². The van der Waals surface area contributed by atoms with E-state index in [1.807, 2.05) is 6.07 Å². The number of epoxide rings is 1. The first-order chi connectivity index (χ1) is 14.1. The zero-order chi connectivity index (χ0) is 20.4. The Morgan fingerprint density at radius 1 is 1.00 bits per heavy atom. The smallest absolute Gasteiger partial charge is 0.166 e. The first-order valence-corrected chi connectivity index (χ1v) is 9.30. The molecule has 0 N–H and O–H groups in total. The van der Waals surface area contributed by atoms with Gasteiger partial charge in [-0.25, -0.2) is 13.2 Å². The average Bonchev–Trinajstić information content (AvgIpc) is 3.57. The summed E-state index contributed by atoms with van der Waals surface area (Å²) < 4.78 is 53.3. The van der Waals surface area contributed by atoms with Crippen molar-refractivity contribution in [2.75, 3.05) is 6.61 Å². The molecule has 29 heavy (non-hydrogen) atoms. The number of hydrogen-bond acceptors (Lipinski definition) is 2. The average molecular weight is 396 g/mol. The van der Waals surface area contributed by atoms with E-state index in [0.717, 1.165) is 5.56 Å². The third-order valence-electron chi connectivity index (χ3n) is 4.80. The lowest BCUT2D eigenvalue weighted by molar-refractivity contribution is 0.297. The summed E-state index contributed by atoms with van der Waals surface area (Å²) in [6, 6.07) is 14.9. The van der Waals surface area contributed by atoms with E-state index in [-0.39, 0.29) is 29.7 Å². The highest BCUT2D eigenvalue weighted by Gasteiger charge is 2.25. The molecule has 0 aliphatic carbocycles. The Kier molecular flexibility index (Phi) is 5.41. The lowest BCUT2D eigenvalue weighted by Crippen LogP contribution is -2.02. The van der Waals surface area contributed by atoms with E-state index in [2.05, 4.69) is 0 Å². The lowest BCUT2D eigenvalue weighted by Gasteiger charge is -2.10. The summed E-state index contributed by atoms with van der Waals surface area (Å²) in [5.74, 6) is -1.64. The van der Waals surface area contributed by atoms with Crippen LogP contribution in [0, 0.1) is 17.5 Å². The molecule has 0 bridgehead atoms. The van der Waals surface area contributed by atoms with Crippen LogP contribution in [0.1, 0.15) is 29.7 Å². The van der Waals surface area contributed by atoms with Crippen molar-refractivity contribution in [2.45, 2.75) is 19.6 Å². The van der Waals surface area contributed by atoms with Crippen LogP contribution in [0.15, 0.2) is 60.7 Å². The van der Waals surface area contributed by atoms with Crippen LogP contribution in [0.5, 0.6) is 5.75 Å². The molecule has 3 aromatic rings. The van der Waals surface area contributed by atoms with Gasteiger partial charge in [-0.1, -0.05) is 48.6 Å². The van der Waals surface area contributed by atoms with E-state index in [9.17, 15) is 13.2 Å². The van der Waals surface area contributed by atoms with Gasteiger partial charge in [0.15, 0.2) is 11.6 Å². The molecule has 1 aliphatic rings. The maximum Gasteiger partial charge on any atom is 0.166 e. The molecule has 2 nitrogen and oxygen atoms in total. The molecule has 1 atom stereocenters. The maximum absolute atomic E-state index is 14.4. The second-order valence-corrected chi connectivity index (χ2v) is 6.82. The fourth-order valence-corrected chi connectivity index (χ4v) is 3.12. The van der Waals surface area contributed by atoms with E-state index in [4.69, 9.17) is 9.47 Å². The first kappa shape index (κ1) is 19.3. The third-order valence-corrected chi connectivity index (χ3v) is 4.80. The Morgan fingerprint density at radius 3 is 2.41 bits per heavy atom. The number of ether oxygens (including phenoxy) is 2. The number of benzene rings is 3. The van der Waals surface area contributed by atoms with E-state index in [1.165, 1.54) is 24.3 Å². The Morgan fingerprint density at radius 2 is 1.76 bits per heavy atom. The fraction of sp³-hybridized carbons (Fsp3) is 0.167. The number of halogens is 3. The van der Waals surface area contributed by atoms with Gasteiger partial charge in [0.25, 0.3) is 0 Å². The van der Waals surface area contributed by atoms with Gasteiger partial charge in [0.1, 0.15) is 24.3 Å². The molecule has 3 aromatic carbocycles. The van der Waals surface area contributed by atoms with Crippen molar-refractivity contribution < 1.29 is 22.6 Å². The zero-order valence-corrected chi connectivity index (χ0v) is 15.8. The van der Waals surface area contributed by atoms with Crippen LogP contribution < -0.4 is 4.74 Å². The van der Waals surface area contributed by atoms with Crippen LogP contribution >= 0.6 is 0 Å². The molecule has 0 saturated carbocycles. The van der Waals surface area contributed by atoms with E-state index in [1.54, 1.807) is 43.3 Å². The van der Waals surface area contributed by atoms with E-state index < -0.39 is 11.6 Å². The van der Waals surface area contributed by atoms with E-state index in [0.29, 0.717) is 23.5 Å². The maximum atomic E-state index is 14.4. The van der Waals surface area contributed by atoms with Crippen molar-refractivity contribution in [3.63, 3.8) is 0 Å². The fourth-order valence-electron chi connectivity index (χ4n) is 3.12. The summed E-state index contributed by atoms with van der Waals surface area (Å²) in [7, 11) is 0. The molecule has 0 radical (unpaired) electrons. The highest BCUT2D eigenvalue weighted by atomic mass is 19.2. The third kappa shape index (κ3) is 4.20. The van der Waals surface area contributed by atoms with Crippen molar-refractivity contribution in [2.24, 2.45) is 0 Å². The molecule has 0 amide bonds. The van der Waals surface area contributed by atoms with Crippen LogP contribution in [-0.4, -0.2) is 6.61 Å². The van der Waals surface area contributed by atoms with Crippen molar-refractivity contribution in [1.29, 1.82) is 0 Å². The minimum absolute atomic E-state index is 0.00613. The molecule has 0 aromatic heterocycles. The summed E-state index contributed by atoms with van der Waals surface area (Å²) in [5, 5.41) is 0. The number of allylic oxidation sites excluding steroid dienone is 1. The van der Waals surface area contributed by atoms with Gasteiger partial charge < -0.3 is 9.47 Å². The molecule has 1 fully saturated rings. The minimum Gasteiger partial charge on any atom is -0.489 e. The van der Waals surface area contributed by atoms with Crippen molar-refractivity contribution in [3.05, 3.63) is 94.8 Å². The highest BCUT2D eigenvalue weighted by Crippen LogP contribution is 2.33. The largest absolute Gasteiger partial charge is 0.489 e. The van der Waals surface area contributed by atoms with Crippen LogP contribution in [0.2, 0.25) is 0 Å². The van der Waals surface area contributed by atoms with Crippen LogP contribution in [-0.2, 0) is 11.3 Å². The highest BCUT2D eigenvalue weighted by molar-refractivity contribution is 5.65. The van der Waals surface area contributed by atoms with Gasteiger partial charge in [-0.3, -0.25) is 0 Å². The summed E-state index contributed by atoms with van der Waals surface area (Å²) in [6.07, 6.45) is 3.16. The predicted octanol–water partition coefficient (Wildman–Crippen LogP) is 6.45. The second-order valence-electron chi connectivity index (χ2n) is 6.82. The molecule has 4 rings (SSSR count). The molecule has 1 heterocycles. The quantitative estimate of drug-likeness (QED) is 0.446. The predicted molar refractivity (Wildman–Crippen MR) is 106 cm³/mol. The monoisotopic (exact) mass is 396 g/mol. The second kappa shape index (κ2) is 8.13. The molecule has 1 unspecified atom stereocenters. The molecular weight excluding hydrogens is 377 g/mol. The molecule has 1 saturated heterocycles. The SMILES string of the molecule is C/C=C/c1ccc(COc2ccc(-c3ccc(C4CO4)cc3F)cc2)c(F)c1F. The zero-order valence-electron chi connectivity index (χ0n) is 15.8. The van der Waals surface area contributed by atoms with E-state index >= 15 is 0 Å². The lowest BCUT2D eigenvalue weighted by atomic mass is 10.0. The van der Waals surface area contributed by atoms with Crippen molar-refractivity contribution in [3.8, 4) is 16.9 Å². The van der Waals surface area contributed by atoms with Gasteiger partial charge in [0, 0.05) is 16.7 Å². The molecule has 148 valence electrons. The standard InChI is InChI=1S/C24H19F3O2/c1-2-3-16-4-5-18(24(27)23(16)26)13-28-19-9-6-15(7-10-19)20-11-8-17(12-21(20)25)22-14-29-22/h2-12,22H,13-14H2,1H3/b3-2+. The number of rotatable bonds is 6. The van der Waals surface area contributed by atoms with Gasteiger partial charge >= 0.3 is 0 Å². The Labute approximate surface area is 167 Å². The Balaban J connectivity index is 1.46. The minimum atomic E-state index is -0.918. The summed E-state index contributed by atoms with van der Waals surface area (Å²) in [4.78, 5) is 0. The molecular formula is C24H19F3O2. The summed E-state index contributed by atoms with van der Waals surface area (Å²) >= 11 is 0. The molecule has 1 aliphatic heterocycles. The van der Waals surface area contributed by atoms with Crippen molar-refractivity contribution >= 4 is 6.08 Å². The van der Waals surface area contributed by atoms with Crippen LogP contribution in [0.25, 0.3) is 17.2 Å².